The second-order valence-electron chi connectivity index (χ2n) is 8.71. The van der Waals surface area contributed by atoms with E-state index in [0.29, 0.717) is 172 Å². The molecule has 1 aliphatic rings. The fourth-order valence-corrected chi connectivity index (χ4v) is 3.15. The smallest absolute Gasteiger partial charge is 0.0701 e. The summed E-state index contributed by atoms with van der Waals surface area (Å²) >= 11 is 0. The van der Waals surface area contributed by atoms with Crippen LogP contribution in [0.1, 0.15) is 0 Å². The lowest BCUT2D eigenvalue weighted by molar-refractivity contribution is -0.0291. The van der Waals surface area contributed by atoms with Gasteiger partial charge in [0.15, 0.2) is 0 Å². The Kier molecular flexibility index (Phi) is 34.4. The molecule has 0 spiro atoms. The third-order valence-corrected chi connectivity index (χ3v) is 5.31. The van der Waals surface area contributed by atoms with Gasteiger partial charge in [-0.25, -0.2) is 0 Å². The average Bonchev–Trinajstić information content (AvgIpc) is 3.00. The number of rotatable bonds is 0. The zero-order valence-electron chi connectivity index (χ0n) is 25.6. The van der Waals surface area contributed by atoms with E-state index in [1.165, 1.54) is 0 Å². The van der Waals surface area contributed by atoms with Gasteiger partial charge < -0.3 is 66.9 Å². The second-order valence-corrected chi connectivity index (χ2v) is 8.71. The van der Waals surface area contributed by atoms with Crippen LogP contribution in [-0.4, -0.2) is 185 Å². The van der Waals surface area contributed by atoms with Crippen LogP contribution in [0, 0.1) is 0 Å². The molecule has 0 unspecified atom stereocenters. The summed E-state index contributed by atoms with van der Waals surface area (Å²) in [6.07, 6.45) is 0. The highest BCUT2D eigenvalue weighted by Crippen LogP contribution is 1.87. The highest BCUT2D eigenvalue weighted by Gasteiger charge is 1.97. The van der Waals surface area contributed by atoms with Crippen molar-refractivity contribution >= 4 is 0 Å². The molecule has 14 nitrogen and oxygen atoms in total. The molecule has 42 heavy (non-hydrogen) atoms. The number of nitrogens with one attached hydrogen (secondary N) is 1. The van der Waals surface area contributed by atoms with Crippen molar-refractivity contribution in [3.63, 3.8) is 0 Å². The quantitative estimate of drug-likeness (QED) is 0.386. The Morgan fingerprint density at radius 3 is 0.429 bits per heavy atom. The molecule has 0 amide bonds. The Balaban J connectivity index is 2.00. The van der Waals surface area contributed by atoms with E-state index in [1.807, 2.05) is 0 Å². The molecule has 0 atom stereocenters. The first kappa shape index (κ1) is 39.5. The molecule has 0 radical (unpaired) electrons. The highest BCUT2D eigenvalue weighted by molar-refractivity contribution is 4.46. The molecule has 0 bridgehead atoms. The van der Waals surface area contributed by atoms with Gasteiger partial charge in [-0.1, -0.05) is 0 Å². The lowest BCUT2D eigenvalue weighted by Gasteiger charge is -2.09. The normalized spacial score (nSPS) is 24.0. The molecule has 1 N–H and O–H groups in total. The summed E-state index contributed by atoms with van der Waals surface area (Å²) < 4.78 is 71.3. The van der Waals surface area contributed by atoms with Crippen LogP contribution in [0.25, 0.3) is 0 Å². The van der Waals surface area contributed by atoms with E-state index in [9.17, 15) is 0 Å². The van der Waals surface area contributed by atoms with Crippen LogP contribution in [-0.2, 0) is 61.6 Å². The molecule has 0 aliphatic carbocycles. The second kappa shape index (κ2) is 36.6. The molecule has 1 fully saturated rings. The van der Waals surface area contributed by atoms with Crippen LogP contribution in [0.2, 0.25) is 0 Å². The lowest BCUT2D eigenvalue weighted by Crippen LogP contribution is -2.25. The van der Waals surface area contributed by atoms with Crippen LogP contribution in [0.3, 0.4) is 0 Å². The van der Waals surface area contributed by atoms with Crippen molar-refractivity contribution in [2.45, 2.75) is 0 Å². The molecule has 1 aliphatic heterocycles. The molecule has 14 heteroatoms. The van der Waals surface area contributed by atoms with E-state index in [0.717, 1.165) is 13.1 Å². The molecule has 0 aromatic heterocycles. The topological polar surface area (TPSA) is 132 Å². The number of ether oxygens (including phenoxy) is 13. The van der Waals surface area contributed by atoms with Crippen molar-refractivity contribution in [1.82, 2.24) is 5.32 Å². The highest BCUT2D eigenvalue weighted by atomic mass is 16.6. The van der Waals surface area contributed by atoms with Gasteiger partial charge in [0.25, 0.3) is 0 Å². The van der Waals surface area contributed by atoms with Crippen molar-refractivity contribution < 1.29 is 61.6 Å². The zero-order valence-corrected chi connectivity index (χ0v) is 25.6. The molecular formula is C28H57NO13. The third-order valence-electron chi connectivity index (χ3n) is 5.31. The summed E-state index contributed by atoms with van der Waals surface area (Å²) in [4.78, 5) is 0. The van der Waals surface area contributed by atoms with E-state index in [1.54, 1.807) is 0 Å². The van der Waals surface area contributed by atoms with Gasteiger partial charge >= 0.3 is 0 Å². The Morgan fingerprint density at radius 1 is 0.167 bits per heavy atom. The number of hydrogen-bond acceptors (Lipinski definition) is 14. The average molecular weight is 616 g/mol. The van der Waals surface area contributed by atoms with Crippen LogP contribution < -0.4 is 5.32 Å². The summed E-state index contributed by atoms with van der Waals surface area (Å²) in [7, 11) is 0. The van der Waals surface area contributed by atoms with Crippen molar-refractivity contribution in [2.24, 2.45) is 0 Å². The largest absolute Gasteiger partial charge is 0.378 e. The maximum atomic E-state index is 5.53. The van der Waals surface area contributed by atoms with E-state index >= 15 is 0 Å². The third kappa shape index (κ3) is 33.9. The van der Waals surface area contributed by atoms with Gasteiger partial charge in [0, 0.05) is 13.1 Å². The van der Waals surface area contributed by atoms with Crippen molar-refractivity contribution in [3.8, 4) is 0 Å². The van der Waals surface area contributed by atoms with Crippen LogP contribution >= 0.6 is 0 Å². The van der Waals surface area contributed by atoms with E-state index < -0.39 is 0 Å². The Labute approximate surface area is 252 Å². The van der Waals surface area contributed by atoms with Gasteiger partial charge in [-0.2, -0.15) is 0 Å². The van der Waals surface area contributed by atoms with Gasteiger partial charge in [-0.3, -0.25) is 0 Å². The molecule has 0 saturated carbocycles. The van der Waals surface area contributed by atoms with Crippen LogP contribution in [0.15, 0.2) is 0 Å². The lowest BCUT2D eigenvalue weighted by atomic mass is 10.6. The van der Waals surface area contributed by atoms with Crippen molar-refractivity contribution in [3.05, 3.63) is 0 Å². The van der Waals surface area contributed by atoms with Gasteiger partial charge in [-0.05, 0) is 0 Å². The minimum atomic E-state index is 0.516. The Hall–Kier alpha value is -0.560. The van der Waals surface area contributed by atoms with Gasteiger partial charge in [0.1, 0.15) is 0 Å². The molecule has 252 valence electrons. The molecule has 1 saturated heterocycles. The van der Waals surface area contributed by atoms with Gasteiger partial charge in [0.2, 0.25) is 0 Å². The fraction of sp³-hybridized carbons (Fsp3) is 1.00. The summed E-state index contributed by atoms with van der Waals surface area (Å²) in [5, 5.41) is 3.27. The minimum Gasteiger partial charge on any atom is -0.378 e. The summed E-state index contributed by atoms with van der Waals surface area (Å²) in [6, 6.07) is 0. The SMILES string of the molecule is C1COCCOCCOCCOCCOCCOCCOCCOCCOCCOCCOCCOCCOCCN1. The number of hydrogen-bond donors (Lipinski definition) is 1. The summed E-state index contributed by atoms with van der Waals surface area (Å²) in [5.41, 5.74) is 0. The van der Waals surface area contributed by atoms with Gasteiger partial charge in [0.05, 0.1) is 172 Å². The Morgan fingerprint density at radius 2 is 0.286 bits per heavy atom. The first-order valence-electron chi connectivity index (χ1n) is 15.2. The monoisotopic (exact) mass is 615 g/mol. The Bertz CT molecular complexity index is 270. The first-order chi connectivity index (χ1) is 21.0. The van der Waals surface area contributed by atoms with E-state index in [2.05, 4.69) is 5.32 Å². The first-order valence-corrected chi connectivity index (χ1v) is 15.2. The summed E-state index contributed by atoms with van der Waals surface area (Å²) in [5.74, 6) is 0. The molecule has 1 heterocycles. The maximum Gasteiger partial charge on any atom is 0.0701 e. The molecule has 0 aromatic carbocycles. The zero-order chi connectivity index (χ0) is 29.7. The van der Waals surface area contributed by atoms with E-state index in [-0.39, 0.29) is 0 Å². The minimum absolute atomic E-state index is 0.516. The standard InChI is InChI=1S/C28H57NO13/c1-3-30-5-7-32-9-11-34-13-15-36-17-19-38-21-23-40-25-27-42-28-26-41-24-22-39-20-18-37-16-14-35-12-10-33-8-6-31-4-2-29-1/h29H,1-28H2. The van der Waals surface area contributed by atoms with Crippen molar-refractivity contribution in [2.75, 3.05) is 185 Å². The maximum absolute atomic E-state index is 5.53. The molecule has 0 aromatic rings. The van der Waals surface area contributed by atoms with Crippen LogP contribution in [0.5, 0.6) is 0 Å². The fourth-order valence-electron chi connectivity index (χ4n) is 3.15. The predicted molar refractivity (Wildman–Crippen MR) is 154 cm³/mol. The molecular weight excluding hydrogens is 558 g/mol. The summed E-state index contributed by atoms with van der Waals surface area (Å²) in [6.45, 7) is 15.4. The van der Waals surface area contributed by atoms with Gasteiger partial charge in [-0.15, -0.1) is 0 Å². The van der Waals surface area contributed by atoms with Crippen LogP contribution in [0.4, 0.5) is 0 Å². The predicted octanol–water partition coefficient (Wildman–Crippen LogP) is -0.195. The van der Waals surface area contributed by atoms with Crippen molar-refractivity contribution in [1.29, 1.82) is 0 Å². The van der Waals surface area contributed by atoms with E-state index in [4.69, 9.17) is 61.6 Å². The molecule has 1 rings (SSSR count).